The van der Waals surface area contributed by atoms with Crippen molar-refractivity contribution in [2.24, 2.45) is 0 Å². The molecule has 0 saturated heterocycles. The largest absolute Gasteiger partial charge is 0.306 e. The average Bonchev–Trinajstić information content (AvgIpc) is 2.84. The number of hydrogen-bond donors (Lipinski definition) is 1. The monoisotopic (exact) mass is 276 g/mol. The van der Waals surface area contributed by atoms with E-state index in [4.69, 9.17) is 0 Å². The Morgan fingerprint density at radius 1 is 1.32 bits per heavy atom. The van der Waals surface area contributed by atoms with Crippen molar-refractivity contribution in [1.82, 2.24) is 10.3 Å². The van der Waals surface area contributed by atoms with Crippen LogP contribution in [0.25, 0.3) is 10.6 Å². The van der Waals surface area contributed by atoms with E-state index in [1.54, 1.807) is 23.5 Å². The smallest absolute Gasteiger partial charge is 0.123 e. The first-order valence-corrected chi connectivity index (χ1v) is 7.48. The fourth-order valence-electron chi connectivity index (χ4n) is 2.30. The molecule has 1 aromatic carbocycles. The minimum atomic E-state index is -0.208. The molecule has 1 aliphatic rings. The molecule has 0 bridgehead atoms. The van der Waals surface area contributed by atoms with Crippen LogP contribution in [-0.2, 0) is 6.54 Å². The van der Waals surface area contributed by atoms with Gasteiger partial charge in [-0.2, -0.15) is 0 Å². The first-order chi connectivity index (χ1) is 9.15. The lowest BCUT2D eigenvalue weighted by Gasteiger charge is -2.39. The lowest BCUT2D eigenvalue weighted by molar-refractivity contribution is 0.206. The van der Waals surface area contributed by atoms with Gasteiger partial charge in [0, 0.05) is 23.0 Å². The summed E-state index contributed by atoms with van der Waals surface area (Å²) in [5.41, 5.74) is 2.35. The van der Waals surface area contributed by atoms with Crippen LogP contribution in [0.4, 0.5) is 4.39 Å². The second-order valence-corrected chi connectivity index (χ2v) is 6.28. The van der Waals surface area contributed by atoms with Gasteiger partial charge in [-0.15, -0.1) is 11.3 Å². The van der Waals surface area contributed by atoms with E-state index < -0.39 is 0 Å². The van der Waals surface area contributed by atoms with Gasteiger partial charge in [-0.25, -0.2) is 9.37 Å². The lowest BCUT2D eigenvalue weighted by Crippen LogP contribution is -2.47. The number of nitrogens with one attached hydrogen (secondary N) is 1. The molecular formula is C15H17FN2S. The molecule has 1 aromatic heterocycles. The number of nitrogens with zero attached hydrogens (tertiary/aromatic N) is 1. The van der Waals surface area contributed by atoms with E-state index in [0.29, 0.717) is 5.54 Å². The van der Waals surface area contributed by atoms with Gasteiger partial charge in [-0.05, 0) is 50.5 Å². The second-order valence-electron chi connectivity index (χ2n) is 5.42. The van der Waals surface area contributed by atoms with Crippen LogP contribution in [0.2, 0.25) is 0 Å². The summed E-state index contributed by atoms with van der Waals surface area (Å²) >= 11 is 1.61. The van der Waals surface area contributed by atoms with E-state index in [1.807, 2.05) is 0 Å². The molecule has 2 nitrogen and oxygen atoms in total. The third-order valence-corrected chi connectivity index (χ3v) is 4.74. The van der Waals surface area contributed by atoms with Crippen LogP contribution >= 0.6 is 11.3 Å². The predicted octanol–water partition coefficient (Wildman–Crippen LogP) is 3.98. The highest BCUT2D eigenvalue weighted by atomic mass is 32.1. The first-order valence-electron chi connectivity index (χ1n) is 6.60. The Morgan fingerprint density at radius 2 is 2.05 bits per heavy atom. The maximum absolute atomic E-state index is 12.9. The fourth-order valence-corrected chi connectivity index (χ4v) is 3.13. The second kappa shape index (κ2) is 5.02. The molecule has 4 heteroatoms. The summed E-state index contributed by atoms with van der Waals surface area (Å²) in [6, 6.07) is 6.51. The van der Waals surface area contributed by atoms with Crippen molar-refractivity contribution in [3.8, 4) is 10.6 Å². The summed E-state index contributed by atoms with van der Waals surface area (Å²) < 4.78 is 12.9. The zero-order valence-corrected chi connectivity index (χ0v) is 11.8. The van der Waals surface area contributed by atoms with Crippen molar-refractivity contribution < 1.29 is 4.39 Å². The van der Waals surface area contributed by atoms with Crippen molar-refractivity contribution >= 4 is 11.3 Å². The predicted molar refractivity (Wildman–Crippen MR) is 76.6 cm³/mol. The van der Waals surface area contributed by atoms with E-state index in [-0.39, 0.29) is 5.82 Å². The third-order valence-electron chi connectivity index (χ3n) is 3.80. The standard InChI is InChI=1S/C15H17FN2S/c1-15(7-2-8-15)17-9-13-10-19-14(18-13)11-3-5-12(16)6-4-11/h3-6,10,17H,2,7-9H2,1H3. The number of benzene rings is 1. The topological polar surface area (TPSA) is 24.9 Å². The molecular weight excluding hydrogens is 259 g/mol. The van der Waals surface area contributed by atoms with Crippen LogP contribution in [0.15, 0.2) is 29.6 Å². The van der Waals surface area contributed by atoms with Crippen LogP contribution in [-0.4, -0.2) is 10.5 Å². The molecule has 0 atom stereocenters. The quantitative estimate of drug-likeness (QED) is 0.913. The Kier molecular flexibility index (Phi) is 3.37. The van der Waals surface area contributed by atoms with Gasteiger partial charge in [0.25, 0.3) is 0 Å². The summed E-state index contributed by atoms with van der Waals surface area (Å²) in [5.74, 6) is -0.208. The molecule has 1 aliphatic carbocycles. The third kappa shape index (κ3) is 2.85. The van der Waals surface area contributed by atoms with Crippen LogP contribution < -0.4 is 5.32 Å². The molecule has 1 fully saturated rings. The summed E-state index contributed by atoms with van der Waals surface area (Å²) in [6.07, 6.45) is 3.82. The molecule has 19 heavy (non-hydrogen) atoms. The summed E-state index contributed by atoms with van der Waals surface area (Å²) in [5, 5.41) is 6.60. The number of rotatable bonds is 4. The van der Waals surface area contributed by atoms with Gasteiger partial charge in [-0.1, -0.05) is 0 Å². The highest BCUT2D eigenvalue weighted by Crippen LogP contribution is 2.31. The van der Waals surface area contributed by atoms with Crippen LogP contribution in [0, 0.1) is 5.82 Å². The van der Waals surface area contributed by atoms with Gasteiger partial charge >= 0.3 is 0 Å². The van der Waals surface area contributed by atoms with Gasteiger partial charge in [0.05, 0.1) is 5.69 Å². The van der Waals surface area contributed by atoms with Crippen molar-refractivity contribution in [3.05, 3.63) is 41.2 Å². The normalized spacial score (nSPS) is 17.2. The van der Waals surface area contributed by atoms with E-state index in [1.165, 1.54) is 31.4 Å². The molecule has 2 aromatic rings. The van der Waals surface area contributed by atoms with Crippen molar-refractivity contribution in [2.45, 2.75) is 38.3 Å². The van der Waals surface area contributed by atoms with E-state index in [9.17, 15) is 4.39 Å². The summed E-state index contributed by atoms with van der Waals surface area (Å²) in [6.45, 7) is 3.08. The van der Waals surface area contributed by atoms with Crippen molar-refractivity contribution in [3.63, 3.8) is 0 Å². The molecule has 3 rings (SSSR count). The molecule has 100 valence electrons. The Balaban J connectivity index is 1.67. The van der Waals surface area contributed by atoms with E-state index in [0.717, 1.165) is 22.8 Å². The minimum Gasteiger partial charge on any atom is -0.306 e. The van der Waals surface area contributed by atoms with Gasteiger partial charge in [0.2, 0.25) is 0 Å². The number of hydrogen-bond acceptors (Lipinski definition) is 3. The Bertz CT molecular complexity index is 558. The summed E-state index contributed by atoms with van der Waals surface area (Å²) in [4.78, 5) is 4.61. The first kappa shape index (κ1) is 12.8. The minimum absolute atomic E-state index is 0.208. The van der Waals surface area contributed by atoms with Gasteiger partial charge in [0.15, 0.2) is 0 Å². The van der Waals surface area contributed by atoms with Gasteiger partial charge < -0.3 is 5.32 Å². The van der Waals surface area contributed by atoms with Crippen LogP contribution in [0.5, 0.6) is 0 Å². The molecule has 1 heterocycles. The molecule has 0 radical (unpaired) electrons. The lowest BCUT2D eigenvalue weighted by atomic mass is 9.78. The SMILES string of the molecule is CC1(NCc2csc(-c3ccc(F)cc3)n2)CCC1. The van der Waals surface area contributed by atoms with Crippen LogP contribution in [0.3, 0.4) is 0 Å². The zero-order valence-electron chi connectivity index (χ0n) is 10.9. The van der Waals surface area contributed by atoms with E-state index >= 15 is 0 Å². The Hall–Kier alpha value is -1.26. The van der Waals surface area contributed by atoms with E-state index in [2.05, 4.69) is 22.6 Å². The molecule has 0 aliphatic heterocycles. The fraction of sp³-hybridized carbons (Fsp3) is 0.400. The maximum atomic E-state index is 12.9. The molecule has 1 N–H and O–H groups in total. The van der Waals surface area contributed by atoms with Crippen molar-refractivity contribution in [2.75, 3.05) is 0 Å². The zero-order chi connectivity index (χ0) is 13.3. The van der Waals surface area contributed by atoms with Crippen LogP contribution in [0.1, 0.15) is 31.9 Å². The summed E-state index contributed by atoms with van der Waals surface area (Å²) in [7, 11) is 0. The van der Waals surface area contributed by atoms with Gasteiger partial charge in [0.1, 0.15) is 10.8 Å². The maximum Gasteiger partial charge on any atom is 0.123 e. The molecule has 0 amide bonds. The number of aromatic nitrogens is 1. The van der Waals surface area contributed by atoms with Gasteiger partial charge in [-0.3, -0.25) is 0 Å². The molecule has 1 saturated carbocycles. The number of thiazole rings is 1. The highest BCUT2D eigenvalue weighted by molar-refractivity contribution is 7.13. The molecule has 0 unspecified atom stereocenters. The van der Waals surface area contributed by atoms with Crippen molar-refractivity contribution in [1.29, 1.82) is 0 Å². The average molecular weight is 276 g/mol. The Morgan fingerprint density at radius 3 is 2.68 bits per heavy atom. The number of halogens is 1. The highest BCUT2D eigenvalue weighted by Gasteiger charge is 2.30. The molecule has 0 spiro atoms. The Labute approximate surface area is 116 Å².